The molecule has 0 fully saturated rings. The van der Waals surface area contributed by atoms with Gasteiger partial charge in [0.2, 0.25) is 5.91 Å². The number of amides is 1. The van der Waals surface area contributed by atoms with Crippen molar-refractivity contribution in [3.05, 3.63) is 75.5 Å². The first-order valence-corrected chi connectivity index (χ1v) is 10.7. The van der Waals surface area contributed by atoms with Crippen molar-refractivity contribution < 1.29 is 4.79 Å². The second-order valence-electron chi connectivity index (χ2n) is 6.43. The van der Waals surface area contributed by atoms with Crippen molar-refractivity contribution in [2.75, 3.05) is 5.32 Å². The number of carbonyl (C=O) groups excluding carboxylic acids is 1. The van der Waals surface area contributed by atoms with E-state index in [9.17, 15) is 9.59 Å². The molecule has 0 bridgehead atoms. The van der Waals surface area contributed by atoms with Crippen molar-refractivity contribution >= 4 is 48.5 Å². The zero-order valence-corrected chi connectivity index (χ0v) is 17.7. The van der Waals surface area contributed by atoms with Crippen LogP contribution in [0.5, 0.6) is 0 Å². The largest absolute Gasteiger partial charge is 0.302 e. The molecule has 6 nitrogen and oxygen atoms in total. The lowest BCUT2D eigenvalue weighted by Gasteiger charge is -2.07. The van der Waals surface area contributed by atoms with Gasteiger partial charge in [-0.15, -0.1) is 0 Å². The fraction of sp³-hybridized carbons (Fsp3) is 0.143. The quantitative estimate of drug-likeness (QED) is 0.444. The summed E-state index contributed by atoms with van der Waals surface area (Å²) in [4.78, 5) is 28.7. The van der Waals surface area contributed by atoms with Gasteiger partial charge in [0.1, 0.15) is 0 Å². The second kappa shape index (κ2) is 8.67. The topological polar surface area (TPSA) is 76.9 Å². The van der Waals surface area contributed by atoms with Crippen LogP contribution < -0.4 is 10.9 Å². The molecule has 8 heteroatoms. The molecular formula is C21H17BrN4O2S. The summed E-state index contributed by atoms with van der Waals surface area (Å²) >= 11 is 4.85. The molecule has 0 aliphatic carbocycles. The summed E-state index contributed by atoms with van der Waals surface area (Å²) in [6.07, 6.45) is 0.792. The third kappa shape index (κ3) is 4.78. The molecule has 0 radical (unpaired) electrons. The third-order valence-electron chi connectivity index (χ3n) is 4.32. The van der Waals surface area contributed by atoms with Gasteiger partial charge >= 0.3 is 0 Å². The summed E-state index contributed by atoms with van der Waals surface area (Å²) in [6, 6.07) is 18.7. The molecular weight excluding hydrogens is 452 g/mol. The maximum atomic E-state index is 12.2. The molecule has 146 valence electrons. The number of carbonyl (C=O) groups is 1. The van der Waals surface area contributed by atoms with Gasteiger partial charge in [-0.2, -0.15) is 5.10 Å². The van der Waals surface area contributed by atoms with E-state index in [-0.39, 0.29) is 17.9 Å². The van der Waals surface area contributed by atoms with Crippen LogP contribution in [-0.2, 0) is 11.3 Å². The predicted octanol–water partition coefficient (Wildman–Crippen LogP) is 4.70. The van der Waals surface area contributed by atoms with Crippen molar-refractivity contribution in [2.24, 2.45) is 0 Å². The Bertz CT molecular complexity index is 1180. The van der Waals surface area contributed by atoms with Crippen LogP contribution in [0.1, 0.15) is 12.8 Å². The van der Waals surface area contributed by atoms with Gasteiger partial charge in [-0.25, -0.2) is 9.67 Å². The number of anilines is 1. The fourth-order valence-corrected chi connectivity index (χ4v) is 4.03. The molecule has 0 spiro atoms. The highest BCUT2D eigenvalue weighted by Crippen LogP contribution is 2.25. The summed E-state index contributed by atoms with van der Waals surface area (Å²) in [5.41, 5.74) is 2.33. The maximum absolute atomic E-state index is 12.2. The maximum Gasteiger partial charge on any atom is 0.266 e. The lowest BCUT2D eigenvalue weighted by atomic mass is 10.1. The van der Waals surface area contributed by atoms with Crippen molar-refractivity contribution in [1.82, 2.24) is 14.8 Å². The van der Waals surface area contributed by atoms with E-state index in [1.165, 1.54) is 22.1 Å². The van der Waals surface area contributed by atoms with E-state index < -0.39 is 0 Å². The molecule has 0 aliphatic heterocycles. The second-order valence-corrected chi connectivity index (χ2v) is 8.37. The highest BCUT2D eigenvalue weighted by atomic mass is 79.9. The molecule has 2 aromatic heterocycles. The minimum atomic E-state index is -0.183. The average Bonchev–Trinajstić information content (AvgIpc) is 3.12. The van der Waals surface area contributed by atoms with Crippen LogP contribution in [0.15, 0.2) is 69.9 Å². The summed E-state index contributed by atoms with van der Waals surface area (Å²) in [6.45, 7) is 0.371. The molecule has 0 saturated carbocycles. The Morgan fingerprint density at radius 3 is 2.66 bits per heavy atom. The lowest BCUT2D eigenvalue weighted by Crippen LogP contribution is -2.23. The van der Waals surface area contributed by atoms with E-state index in [0.29, 0.717) is 18.1 Å². The number of thiazole rings is 1. The number of fused-ring (bicyclic) bond motifs is 1. The first kappa shape index (κ1) is 19.5. The van der Waals surface area contributed by atoms with Crippen LogP contribution in [0.4, 0.5) is 5.13 Å². The van der Waals surface area contributed by atoms with Gasteiger partial charge in [0.05, 0.1) is 15.9 Å². The molecule has 0 saturated heterocycles. The molecule has 2 heterocycles. The summed E-state index contributed by atoms with van der Waals surface area (Å²) in [5.74, 6) is -0.124. The van der Waals surface area contributed by atoms with Gasteiger partial charge in [0.25, 0.3) is 5.56 Å². The Kier molecular flexibility index (Phi) is 5.82. The molecule has 4 rings (SSSR count). The van der Waals surface area contributed by atoms with Crippen LogP contribution in [0.3, 0.4) is 0 Å². The van der Waals surface area contributed by atoms with Crippen molar-refractivity contribution in [3.63, 3.8) is 0 Å². The zero-order chi connectivity index (χ0) is 20.2. The monoisotopic (exact) mass is 468 g/mol. The highest BCUT2D eigenvalue weighted by molar-refractivity contribution is 9.10. The molecule has 1 amide bonds. The smallest absolute Gasteiger partial charge is 0.266 e. The van der Waals surface area contributed by atoms with E-state index in [1.54, 1.807) is 6.07 Å². The standard InChI is InChI=1S/C21H17BrN4O2S/c22-15-9-7-14(8-10-15)16-11-12-20(28)26(25-16)13-3-6-19(27)24-21-23-17-4-1-2-5-18(17)29-21/h1-2,4-5,7-12H,3,6,13H2,(H,23,24,27). The normalized spacial score (nSPS) is 10.9. The van der Waals surface area contributed by atoms with Crippen LogP contribution >= 0.6 is 27.3 Å². The molecule has 1 N–H and O–H groups in total. The third-order valence-corrected chi connectivity index (χ3v) is 5.80. The van der Waals surface area contributed by atoms with E-state index in [4.69, 9.17) is 0 Å². The Labute approximate surface area is 179 Å². The number of para-hydroxylation sites is 1. The molecule has 0 aliphatic rings. The first-order valence-electron chi connectivity index (χ1n) is 9.08. The van der Waals surface area contributed by atoms with E-state index in [1.807, 2.05) is 48.5 Å². The van der Waals surface area contributed by atoms with Crippen LogP contribution in [-0.4, -0.2) is 20.7 Å². The van der Waals surface area contributed by atoms with E-state index in [0.717, 1.165) is 25.9 Å². The van der Waals surface area contributed by atoms with Crippen molar-refractivity contribution in [1.29, 1.82) is 0 Å². The van der Waals surface area contributed by atoms with Gasteiger partial charge in [-0.1, -0.05) is 51.5 Å². The van der Waals surface area contributed by atoms with Gasteiger partial charge in [0.15, 0.2) is 5.13 Å². The molecule has 29 heavy (non-hydrogen) atoms. The average molecular weight is 469 g/mol. The minimum Gasteiger partial charge on any atom is -0.302 e. The zero-order valence-electron chi connectivity index (χ0n) is 15.3. The number of hydrogen-bond donors (Lipinski definition) is 1. The van der Waals surface area contributed by atoms with Crippen LogP contribution in [0.2, 0.25) is 0 Å². The number of aromatic nitrogens is 3. The first-order chi connectivity index (χ1) is 14.1. The van der Waals surface area contributed by atoms with Crippen molar-refractivity contribution in [2.45, 2.75) is 19.4 Å². The summed E-state index contributed by atoms with van der Waals surface area (Å²) < 4.78 is 3.42. The fourth-order valence-electron chi connectivity index (χ4n) is 2.88. The van der Waals surface area contributed by atoms with Crippen LogP contribution in [0.25, 0.3) is 21.5 Å². The van der Waals surface area contributed by atoms with Gasteiger partial charge in [-0.05, 0) is 36.8 Å². The SMILES string of the molecule is O=C(CCCn1nc(-c2ccc(Br)cc2)ccc1=O)Nc1nc2ccccc2s1. The minimum absolute atomic E-state index is 0.124. The Balaban J connectivity index is 1.37. The lowest BCUT2D eigenvalue weighted by molar-refractivity contribution is -0.116. The number of nitrogens with zero attached hydrogens (tertiary/aromatic N) is 3. The highest BCUT2D eigenvalue weighted by Gasteiger charge is 2.09. The molecule has 2 aromatic carbocycles. The molecule has 4 aromatic rings. The number of rotatable bonds is 6. The van der Waals surface area contributed by atoms with E-state index >= 15 is 0 Å². The van der Waals surface area contributed by atoms with Crippen molar-refractivity contribution in [3.8, 4) is 11.3 Å². The Morgan fingerprint density at radius 1 is 1.07 bits per heavy atom. The number of hydrogen-bond acceptors (Lipinski definition) is 5. The summed E-state index contributed by atoms with van der Waals surface area (Å²) in [7, 11) is 0. The van der Waals surface area contributed by atoms with Gasteiger partial charge in [0, 0.05) is 29.1 Å². The Hall–Kier alpha value is -2.84. The van der Waals surface area contributed by atoms with E-state index in [2.05, 4.69) is 31.3 Å². The molecule has 0 unspecified atom stereocenters. The number of benzene rings is 2. The Morgan fingerprint density at radius 2 is 1.86 bits per heavy atom. The van der Waals surface area contributed by atoms with Gasteiger partial charge < -0.3 is 5.32 Å². The summed E-state index contributed by atoms with van der Waals surface area (Å²) in [5, 5.41) is 7.85. The number of halogens is 1. The predicted molar refractivity (Wildman–Crippen MR) is 119 cm³/mol. The van der Waals surface area contributed by atoms with Crippen LogP contribution in [0, 0.1) is 0 Å². The van der Waals surface area contributed by atoms with Gasteiger partial charge in [-0.3, -0.25) is 9.59 Å². The molecule has 0 atom stereocenters. The number of nitrogens with one attached hydrogen (secondary N) is 1. The number of aryl methyl sites for hydroxylation is 1.